The molecule has 0 atom stereocenters. The average molecular weight is 299 g/mol. The van der Waals surface area contributed by atoms with E-state index >= 15 is 0 Å². The maximum atomic E-state index is 13.6. The molecule has 0 saturated heterocycles. The lowest BCUT2D eigenvalue weighted by atomic mass is 10.2. The number of aromatic amines is 1. The molecule has 0 aliphatic rings. The molecule has 0 unspecified atom stereocenters. The normalized spacial score (nSPS) is 11.2. The van der Waals surface area contributed by atoms with Gasteiger partial charge in [0.25, 0.3) is 0 Å². The predicted octanol–water partition coefficient (Wildman–Crippen LogP) is 4.81. The van der Waals surface area contributed by atoms with Crippen molar-refractivity contribution in [2.75, 3.05) is 0 Å². The zero-order valence-electron chi connectivity index (χ0n) is 9.35. The van der Waals surface area contributed by atoms with Gasteiger partial charge in [0.2, 0.25) is 0 Å². The van der Waals surface area contributed by atoms with Crippen LogP contribution in [0.4, 0.5) is 8.78 Å². The molecule has 1 heterocycles. The molecule has 0 spiro atoms. The number of imidazole rings is 1. The Labute approximate surface area is 117 Å². The Morgan fingerprint density at radius 2 is 1.84 bits per heavy atom. The maximum absolute atomic E-state index is 13.6. The van der Waals surface area contributed by atoms with Crippen molar-refractivity contribution in [2.45, 2.75) is 0 Å². The number of fused-ring (bicyclic) bond motifs is 1. The molecule has 2 nitrogen and oxygen atoms in total. The molecule has 3 rings (SSSR count). The highest BCUT2D eigenvalue weighted by Gasteiger charge is 2.13. The van der Waals surface area contributed by atoms with Gasteiger partial charge in [0, 0.05) is 16.7 Å². The van der Waals surface area contributed by atoms with Gasteiger partial charge in [0.15, 0.2) is 5.82 Å². The summed E-state index contributed by atoms with van der Waals surface area (Å²) >= 11 is 11.9. The van der Waals surface area contributed by atoms with E-state index < -0.39 is 11.6 Å². The van der Waals surface area contributed by atoms with E-state index in [0.717, 1.165) is 6.07 Å². The quantitative estimate of drug-likeness (QED) is 0.686. The highest BCUT2D eigenvalue weighted by Crippen LogP contribution is 2.30. The number of H-pyrrole nitrogens is 1. The van der Waals surface area contributed by atoms with Crippen LogP contribution in [-0.2, 0) is 0 Å². The Bertz CT molecular complexity index is 784. The highest BCUT2D eigenvalue weighted by atomic mass is 35.5. The fraction of sp³-hybridized carbons (Fsp3) is 0. The molecule has 2 aromatic carbocycles. The third-order valence-electron chi connectivity index (χ3n) is 2.69. The average Bonchev–Trinajstić information content (AvgIpc) is 2.76. The fourth-order valence-corrected chi connectivity index (χ4v) is 2.23. The highest BCUT2D eigenvalue weighted by molar-refractivity contribution is 6.35. The summed E-state index contributed by atoms with van der Waals surface area (Å²) in [6, 6.07) is 6.81. The van der Waals surface area contributed by atoms with E-state index in [2.05, 4.69) is 9.97 Å². The molecule has 0 amide bonds. The second-order valence-electron chi connectivity index (χ2n) is 3.99. The number of aromatic nitrogens is 2. The minimum atomic E-state index is -0.726. The van der Waals surface area contributed by atoms with Crippen LogP contribution in [0, 0.1) is 11.6 Å². The minimum absolute atomic E-state index is 0.0624. The Morgan fingerprint density at radius 3 is 2.63 bits per heavy atom. The van der Waals surface area contributed by atoms with Crippen LogP contribution in [0.5, 0.6) is 0 Å². The minimum Gasteiger partial charge on any atom is -0.338 e. The Morgan fingerprint density at radius 1 is 1.05 bits per heavy atom. The zero-order chi connectivity index (χ0) is 13.6. The topological polar surface area (TPSA) is 28.7 Å². The first-order chi connectivity index (χ1) is 9.04. The SMILES string of the molecule is Fc1cc(F)c2nc(-c3cc(Cl)ccc3Cl)[nH]c2c1. The second-order valence-corrected chi connectivity index (χ2v) is 4.84. The van der Waals surface area contributed by atoms with E-state index in [1.54, 1.807) is 18.2 Å². The molecule has 6 heteroatoms. The van der Waals surface area contributed by atoms with E-state index in [0.29, 0.717) is 21.4 Å². The lowest BCUT2D eigenvalue weighted by molar-refractivity contribution is 0.591. The number of benzene rings is 2. The summed E-state index contributed by atoms with van der Waals surface area (Å²) < 4.78 is 26.7. The van der Waals surface area contributed by atoms with Gasteiger partial charge >= 0.3 is 0 Å². The summed E-state index contributed by atoms with van der Waals surface area (Å²) in [5.41, 5.74) is 0.862. The van der Waals surface area contributed by atoms with Crippen LogP contribution in [-0.4, -0.2) is 9.97 Å². The van der Waals surface area contributed by atoms with E-state index in [9.17, 15) is 8.78 Å². The largest absolute Gasteiger partial charge is 0.338 e. The number of nitrogens with one attached hydrogen (secondary N) is 1. The third kappa shape index (κ3) is 2.17. The lowest BCUT2D eigenvalue weighted by Crippen LogP contribution is -1.82. The first-order valence-electron chi connectivity index (χ1n) is 5.35. The van der Waals surface area contributed by atoms with Gasteiger partial charge in [-0.2, -0.15) is 0 Å². The van der Waals surface area contributed by atoms with Crippen LogP contribution in [0.25, 0.3) is 22.4 Å². The summed E-state index contributed by atoms with van der Waals surface area (Å²) in [4.78, 5) is 6.91. The lowest BCUT2D eigenvalue weighted by Gasteiger charge is -2.00. The molecule has 1 aromatic heterocycles. The summed E-state index contributed by atoms with van der Waals surface area (Å²) in [6.45, 7) is 0. The maximum Gasteiger partial charge on any atom is 0.153 e. The van der Waals surface area contributed by atoms with Crippen LogP contribution in [0.15, 0.2) is 30.3 Å². The predicted molar refractivity (Wildman–Crippen MR) is 71.5 cm³/mol. The molecule has 3 aromatic rings. The number of hydrogen-bond donors (Lipinski definition) is 1. The Hall–Kier alpha value is -1.65. The van der Waals surface area contributed by atoms with E-state index in [-0.39, 0.29) is 11.0 Å². The van der Waals surface area contributed by atoms with Gasteiger partial charge in [-0.3, -0.25) is 0 Å². The Balaban J connectivity index is 2.26. The van der Waals surface area contributed by atoms with Crippen molar-refractivity contribution >= 4 is 34.2 Å². The van der Waals surface area contributed by atoms with Gasteiger partial charge in [0.05, 0.1) is 10.5 Å². The molecular formula is C13H6Cl2F2N2. The number of nitrogens with zero attached hydrogens (tertiary/aromatic N) is 1. The van der Waals surface area contributed by atoms with Crippen LogP contribution in [0.1, 0.15) is 0 Å². The van der Waals surface area contributed by atoms with Crippen molar-refractivity contribution in [1.82, 2.24) is 9.97 Å². The van der Waals surface area contributed by atoms with Crippen molar-refractivity contribution < 1.29 is 8.78 Å². The summed E-state index contributed by atoms with van der Waals surface area (Å²) in [7, 11) is 0. The molecule has 0 aliphatic carbocycles. The van der Waals surface area contributed by atoms with Crippen molar-refractivity contribution in [3.63, 3.8) is 0 Å². The molecule has 0 saturated carbocycles. The molecular weight excluding hydrogens is 293 g/mol. The molecule has 0 aliphatic heterocycles. The first kappa shape index (κ1) is 12.4. The molecule has 19 heavy (non-hydrogen) atoms. The van der Waals surface area contributed by atoms with Crippen LogP contribution >= 0.6 is 23.2 Å². The summed E-state index contributed by atoms with van der Waals surface area (Å²) in [6.07, 6.45) is 0. The third-order valence-corrected chi connectivity index (χ3v) is 3.25. The van der Waals surface area contributed by atoms with Crippen LogP contribution in [0.3, 0.4) is 0 Å². The van der Waals surface area contributed by atoms with Gasteiger partial charge in [-0.05, 0) is 24.3 Å². The van der Waals surface area contributed by atoms with Crippen LogP contribution in [0.2, 0.25) is 10.0 Å². The van der Waals surface area contributed by atoms with Gasteiger partial charge in [-0.25, -0.2) is 13.8 Å². The zero-order valence-corrected chi connectivity index (χ0v) is 10.9. The van der Waals surface area contributed by atoms with E-state index in [4.69, 9.17) is 23.2 Å². The van der Waals surface area contributed by atoms with Gasteiger partial charge < -0.3 is 4.98 Å². The van der Waals surface area contributed by atoms with Crippen molar-refractivity contribution in [2.24, 2.45) is 0 Å². The number of halogens is 4. The molecule has 0 bridgehead atoms. The Kier molecular flexibility index (Phi) is 2.92. The number of rotatable bonds is 1. The summed E-state index contributed by atoms with van der Waals surface area (Å²) in [5, 5.41) is 0.899. The van der Waals surface area contributed by atoms with Crippen LogP contribution < -0.4 is 0 Å². The summed E-state index contributed by atoms with van der Waals surface area (Å²) in [5.74, 6) is -1.06. The fourth-order valence-electron chi connectivity index (χ4n) is 1.85. The second kappa shape index (κ2) is 4.47. The van der Waals surface area contributed by atoms with Crippen molar-refractivity contribution in [1.29, 1.82) is 0 Å². The van der Waals surface area contributed by atoms with Crippen molar-refractivity contribution in [3.8, 4) is 11.4 Å². The molecule has 0 radical (unpaired) electrons. The first-order valence-corrected chi connectivity index (χ1v) is 6.10. The molecule has 0 fully saturated rings. The van der Waals surface area contributed by atoms with E-state index in [1.807, 2.05) is 0 Å². The monoisotopic (exact) mass is 298 g/mol. The van der Waals surface area contributed by atoms with Gasteiger partial charge in [-0.15, -0.1) is 0 Å². The van der Waals surface area contributed by atoms with Gasteiger partial charge in [-0.1, -0.05) is 23.2 Å². The standard InChI is InChI=1S/C13H6Cl2F2N2/c14-6-1-2-9(15)8(3-6)13-18-11-5-7(16)4-10(17)12(11)19-13/h1-5H,(H,18,19). The molecule has 1 N–H and O–H groups in total. The van der Waals surface area contributed by atoms with Crippen molar-refractivity contribution in [3.05, 3.63) is 52.0 Å². The number of hydrogen-bond acceptors (Lipinski definition) is 1. The van der Waals surface area contributed by atoms with Gasteiger partial charge in [0.1, 0.15) is 17.2 Å². The molecule has 96 valence electrons. The van der Waals surface area contributed by atoms with E-state index in [1.165, 1.54) is 6.07 Å². The smallest absolute Gasteiger partial charge is 0.153 e.